The molecule has 7 heteroatoms. The van der Waals surface area contributed by atoms with Crippen LogP contribution in [0.3, 0.4) is 0 Å². The van der Waals surface area contributed by atoms with Gasteiger partial charge in [0.05, 0.1) is 5.75 Å². The highest BCUT2D eigenvalue weighted by Gasteiger charge is 2.29. The van der Waals surface area contributed by atoms with E-state index in [9.17, 15) is 13.2 Å². The third kappa shape index (κ3) is 6.11. The molecule has 0 saturated carbocycles. The predicted molar refractivity (Wildman–Crippen MR) is 68.2 cm³/mol. The van der Waals surface area contributed by atoms with Crippen LogP contribution in [0.1, 0.15) is 41.0 Å². The maximum absolute atomic E-state index is 11.6. The Kier molecular flexibility index (Phi) is 5.95. The first-order chi connectivity index (χ1) is 8.02. The highest BCUT2D eigenvalue weighted by atomic mass is 32.2. The molecule has 1 atom stereocenters. The van der Waals surface area contributed by atoms with Gasteiger partial charge in [0, 0.05) is 0 Å². The van der Waals surface area contributed by atoms with E-state index in [0.29, 0.717) is 0 Å². The summed E-state index contributed by atoms with van der Waals surface area (Å²) in [6.07, 6.45) is -0.887. The van der Waals surface area contributed by atoms with Crippen LogP contribution >= 0.6 is 0 Å². The van der Waals surface area contributed by atoms with Crippen LogP contribution in [0, 0.1) is 5.41 Å². The molecule has 0 aliphatic carbocycles. The Morgan fingerprint density at radius 2 is 1.78 bits per heavy atom. The van der Waals surface area contributed by atoms with Crippen molar-refractivity contribution in [2.75, 3.05) is 5.75 Å². The summed E-state index contributed by atoms with van der Waals surface area (Å²) in [6.45, 7) is 8.07. The van der Waals surface area contributed by atoms with Gasteiger partial charge in [-0.3, -0.25) is 9.59 Å². The second-order valence-corrected chi connectivity index (χ2v) is 6.64. The van der Waals surface area contributed by atoms with Crippen LogP contribution in [0.15, 0.2) is 0 Å². The van der Waals surface area contributed by atoms with Gasteiger partial charge >= 0.3 is 5.97 Å². The summed E-state index contributed by atoms with van der Waals surface area (Å²) in [5, 5.41) is 7.62. The molecule has 0 aromatic carbocycles. The molecule has 0 radical (unpaired) electrons. The summed E-state index contributed by atoms with van der Waals surface area (Å²) >= 11 is 0. The maximum Gasteiger partial charge on any atom is 0.355 e. The lowest BCUT2D eigenvalue weighted by molar-refractivity contribution is -0.146. The number of carbonyl (C=O) groups excluding carboxylic acids is 1. The van der Waals surface area contributed by atoms with E-state index in [0.717, 1.165) is 0 Å². The maximum atomic E-state index is 11.6. The smallest absolute Gasteiger partial charge is 0.355 e. The summed E-state index contributed by atoms with van der Waals surface area (Å²) in [6, 6.07) is 0. The molecule has 0 aliphatic heterocycles. The van der Waals surface area contributed by atoms with Crippen LogP contribution in [0.2, 0.25) is 0 Å². The molecule has 1 N–H and O–H groups in total. The molecule has 0 aromatic rings. The standard InChI is InChI=1S/C11H21NO5S/c1-6-8(17-18(14,15)7-2)9(12)10(13)16-11(3,4)5/h8,12H,6-7H2,1-5H3/t8-/m0/s1. The number of carbonyl (C=O) groups is 1. The van der Waals surface area contributed by atoms with Gasteiger partial charge in [-0.25, -0.2) is 4.79 Å². The first kappa shape index (κ1) is 17.1. The number of rotatable bonds is 6. The quantitative estimate of drug-likeness (QED) is 0.451. The van der Waals surface area contributed by atoms with E-state index in [-0.39, 0.29) is 12.2 Å². The van der Waals surface area contributed by atoms with Crippen molar-refractivity contribution >= 4 is 21.8 Å². The van der Waals surface area contributed by atoms with Crippen molar-refractivity contribution in [2.24, 2.45) is 0 Å². The number of nitrogens with one attached hydrogen (secondary N) is 1. The lowest BCUT2D eigenvalue weighted by atomic mass is 10.1. The van der Waals surface area contributed by atoms with Gasteiger partial charge in [-0.2, -0.15) is 8.42 Å². The fourth-order valence-electron chi connectivity index (χ4n) is 1.03. The van der Waals surface area contributed by atoms with Crippen molar-refractivity contribution in [1.29, 1.82) is 5.41 Å². The average molecular weight is 279 g/mol. The minimum Gasteiger partial charge on any atom is -0.455 e. The molecule has 0 rings (SSSR count). The van der Waals surface area contributed by atoms with E-state index in [4.69, 9.17) is 14.3 Å². The molecule has 0 spiro atoms. The summed E-state index contributed by atoms with van der Waals surface area (Å²) in [4.78, 5) is 11.6. The number of hydrogen-bond acceptors (Lipinski definition) is 6. The highest BCUT2D eigenvalue weighted by Crippen LogP contribution is 2.12. The van der Waals surface area contributed by atoms with Crippen LogP contribution in [0.25, 0.3) is 0 Å². The van der Waals surface area contributed by atoms with E-state index in [1.54, 1.807) is 27.7 Å². The molecule has 0 fully saturated rings. The molecule has 0 heterocycles. The molecule has 0 unspecified atom stereocenters. The Bertz CT molecular complexity index is 408. The van der Waals surface area contributed by atoms with Gasteiger partial charge in [0.1, 0.15) is 17.4 Å². The van der Waals surface area contributed by atoms with Crippen molar-refractivity contribution < 1.29 is 22.1 Å². The second-order valence-electron chi connectivity index (χ2n) is 4.76. The second kappa shape index (κ2) is 6.29. The van der Waals surface area contributed by atoms with Crippen molar-refractivity contribution in [3.05, 3.63) is 0 Å². The van der Waals surface area contributed by atoms with E-state index in [2.05, 4.69) is 0 Å². The van der Waals surface area contributed by atoms with E-state index < -0.39 is 33.5 Å². The van der Waals surface area contributed by atoms with Crippen molar-refractivity contribution in [2.45, 2.75) is 52.7 Å². The van der Waals surface area contributed by atoms with Crippen LogP contribution in [-0.4, -0.2) is 37.6 Å². The summed E-state index contributed by atoms with van der Waals surface area (Å²) in [5.74, 6) is -1.06. The third-order valence-corrected chi connectivity index (χ3v) is 3.16. The molecule has 0 amide bonds. The van der Waals surface area contributed by atoms with Gasteiger partial charge in [-0.1, -0.05) is 6.92 Å². The monoisotopic (exact) mass is 279 g/mol. The van der Waals surface area contributed by atoms with Crippen molar-refractivity contribution in [3.63, 3.8) is 0 Å². The van der Waals surface area contributed by atoms with Crippen molar-refractivity contribution in [3.8, 4) is 0 Å². The lowest BCUT2D eigenvalue weighted by Gasteiger charge is -2.22. The third-order valence-electron chi connectivity index (χ3n) is 1.93. The molecular weight excluding hydrogens is 258 g/mol. The van der Waals surface area contributed by atoms with E-state index in [1.165, 1.54) is 6.92 Å². The largest absolute Gasteiger partial charge is 0.455 e. The highest BCUT2D eigenvalue weighted by molar-refractivity contribution is 7.86. The SMILES string of the molecule is CC[C@H](OS(=O)(=O)CC)C(=N)C(=O)OC(C)(C)C. The van der Waals surface area contributed by atoms with Gasteiger partial charge in [-0.05, 0) is 34.1 Å². The fourth-order valence-corrected chi connectivity index (χ4v) is 1.75. The molecule has 0 aliphatic rings. The Labute approximate surface area is 108 Å². The molecule has 106 valence electrons. The predicted octanol–water partition coefficient (Wildman–Crippen LogP) is 1.49. The van der Waals surface area contributed by atoms with Crippen LogP contribution < -0.4 is 0 Å². The summed E-state index contributed by atoms with van der Waals surface area (Å²) in [7, 11) is -3.70. The summed E-state index contributed by atoms with van der Waals surface area (Å²) in [5.41, 5.74) is -1.21. The first-order valence-electron chi connectivity index (χ1n) is 5.75. The number of esters is 1. The lowest BCUT2D eigenvalue weighted by Crippen LogP contribution is -2.37. The van der Waals surface area contributed by atoms with Gasteiger partial charge in [-0.15, -0.1) is 0 Å². The Hall–Kier alpha value is -0.950. The van der Waals surface area contributed by atoms with Crippen LogP contribution in [0.5, 0.6) is 0 Å². The fraction of sp³-hybridized carbons (Fsp3) is 0.818. The Morgan fingerprint density at radius 1 is 1.28 bits per heavy atom. The van der Waals surface area contributed by atoms with Gasteiger partial charge in [0.2, 0.25) is 0 Å². The summed E-state index contributed by atoms with van der Waals surface area (Å²) < 4.78 is 32.4. The van der Waals surface area contributed by atoms with Gasteiger partial charge in [0.15, 0.2) is 0 Å². The average Bonchev–Trinajstić information content (AvgIpc) is 2.22. The van der Waals surface area contributed by atoms with Crippen LogP contribution in [-0.2, 0) is 23.8 Å². The molecular formula is C11H21NO5S. The molecule has 0 aromatic heterocycles. The zero-order chi connectivity index (χ0) is 14.6. The van der Waals surface area contributed by atoms with Crippen molar-refractivity contribution in [1.82, 2.24) is 0 Å². The van der Waals surface area contributed by atoms with Crippen LogP contribution in [0.4, 0.5) is 0 Å². The Balaban J connectivity index is 4.78. The minimum atomic E-state index is -3.70. The first-order valence-corrected chi connectivity index (χ1v) is 7.33. The van der Waals surface area contributed by atoms with E-state index >= 15 is 0 Å². The Morgan fingerprint density at radius 3 is 2.11 bits per heavy atom. The zero-order valence-electron chi connectivity index (χ0n) is 11.4. The molecule has 18 heavy (non-hydrogen) atoms. The van der Waals surface area contributed by atoms with E-state index in [1.807, 2.05) is 0 Å². The number of hydrogen-bond donors (Lipinski definition) is 1. The minimum absolute atomic E-state index is 0.203. The molecule has 0 saturated heterocycles. The molecule has 0 bridgehead atoms. The molecule has 6 nitrogen and oxygen atoms in total. The normalized spacial score (nSPS) is 14.1. The zero-order valence-corrected chi connectivity index (χ0v) is 12.3. The number of ether oxygens (including phenoxy) is 1. The van der Waals surface area contributed by atoms with Gasteiger partial charge < -0.3 is 4.74 Å². The topological polar surface area (TPSA) is 93.5 Å². The van der Waals surface area contributed by atoms with Gasteiger partial charge in [0.25, 0.3) is 10.1 Å².